The van der Waals surface area contributed by atoms with Crippen LogP contribution in [0, 0.1) is 0 Å². The highest BCUT2D eigenvalue weighted by atomic mass is 16.5. The fourth-order valence-corrected chi connectivity index (χ4v) is 1.22. The Bertz CT molecular complexity index is 222. The first-order valence-electron chi connectivity index (χ1n) is 4.65. The molecule has 0 aromatic rings. The number of morpholine rings is 1. The van der Waals surface area contributed by atoms with E-state index in [0.29, 0.717) is 6.54 Å². The van der Waals surface area contributed by atoms with Gasteiger partial charge in [0.25, 0.3) is 0 Å². The number of nitrogens with zero attached hydrogens (tertiary/aromatic N) is 1. The minimum absolute atomic E-state index is 0.576. The standard InChI is InChI=1S/C9H16N2O3/c1-8(6-9(12)13)7-10-11-2-4-14-5-3-11/h6,10H,2-5,7H2,1H3,(H,12,13). The number of carboxylic acids is 1. The summed E-state index contributed by atoms with van der Waals surface area (Å²) in [6.07, 6.45) is 1.22. The zero-order valence-corrected chi connectivity index (χ0v) is 8.32. The van der Waals surface area contributed by atoms with E-state index >= 15 is 0 Å². The predicted octanol–water partition coefficient (Wildman–Crippen LogP) is -0.146. The first-order chi connectivity index (χ1) is 6.68. The molecule has 5 heteroatoms. The zero-order valence-electron chi connectivity index (χ0n) is 8.32. The molecule has 0 aromatic heterocycles. The van der Waals surface area contributed by atoms with Crippen LogP contribution in [0.15, 0.2) is 11.6 Å². The van der Waals surface area contributed by atoms with Gasteiger partial charge < -0.3 is 9.84 Å². The minimum atomic E-state index is -0.897. The van der Waals surface area contributed by atoms with Crippen molar-refractivity contribution >= 4 is 5.97 Å². The van der Waals surface area contributed by atoms with Crippen molar-refractivity contribution in [3.8, 4) is 0 Å². The monoisotopic (exact) mass is 200 g/mol. The molecule has 1 aliphatic heterocycles. The first kappa shape index (κ1) is 11.2. The maximum absolute atomic E-state index is 10.3. The minimum Gasteiger partial charge on any atom is -0.478 e. The molecule has 0 aromatic carbocycles. The number of aliphatic carboxylic acids is 1. The molecule has 1 heterocycles. The molecule has 0 unspecified atom stereocenters. The lowest BCUT2D eigenvalue weighted by molar-refractivity contribution is -0.131. The van der Waals surface area contributed by atoms with Crippen LogP contribution in [0.3, 0.4) is 0 Å². The van der Waals surface area contributed by atoms with E-state index in [-0.39, 0.29) is 0 Å². The largest absolute Gasteiger partial charge is 0.478 e. The molecule has 1 rings (SSSR count). The maximum Gasteiger partial charge on any atom is 0.328 e. The molecule has 1 aliphatic rings. The van der Waals surface area contributed by atoms with Crippen LogP contribution >= 0.6 is 0 Å². The van der Waals surface area contributed by atoms with Crippen LogP contribution in [0.5, 0.6) is 0 Å². The molecule has 1 saturated heterocycles. The molecule has 0 radical (unpaired) electrons. The van der Waals surface area contributed by atoms with Gasteiger partial charge in [-0.1, -0.05) is 5.57 Å². The van der Waals surface area contributed by atoms with Crippen LogP contribution < -0.4 is 5.43 Å². The average molecular weight is 200 g/mol. The van der Waals surface area contributed by atoms with Gasteiger partial charge in [0.15, 0.2) is 0 Å². The summed E-state index contributed by atoms with van der Waals surface area (Å²) in [5, 5.41) is 10.5. The van der Waals surface area contributed by atoms with Crippen molar-refractivity contribution < 1.29 is 14.6 Å². The van der Waals surface area contributed by atoms with Gasteiger partial charge in [-0.05, 0) is 6.92 Å². The van der Waals surface area contributed by atoms with Gasteiger partial charge in [0, 0.05) is 25.7 Å². The second-order valence-electron chi connectivity index (χ2n) is 3.26. The van der Waals surface area contributed by atoms with Crippen LogP contribution in [0.2, 0.25) is 0 Å². The number of carbonyl (C=O) groups is 1. The Balaban J connectivity index is 2.21. The van der Waals surface area contributed by atoms with E-state index < -0.39 is 5.97 Å². The second kappa shape index (κ2) is 5.74. The van der Waals surface area contributed by atoms with Gasteiger partial charge in [-0.2, -0.15) is 0 Å². The van der Waals surface area contributed by atoms with E-state index in [0.717, 1.165) is 31.9 Å². The molecule has 0 aliphatic carbocycles. The summed E-state index contributed by atoms with van der Waals surface area (Å²) in [6.45, 7) is 5.53. The van der Waals surface area contributed by atoms with E-state index in [1.165, 1.54) is 6.08 Å². The maximum atomic E-state index is 10.3. The van der Waals surface area contributed by atoms with E-state index in [2.05, 4.69) is 5.43 Å². The third-order valence-electron chi connectivity index (χ3n) is 1.96. The molecular weight excluding hydrogens is 184 g/mol. The lowest BCUT2D eigenvalue weighted by atomic mass is 10.3. The Hall–Kier alpha value is -0.910. The summed E-state index contributed by atoms with van der Waals surface area (Å²) in [4.78, 5) is 10.3. The molecule has 0 spiro atoms. The highest BCUT2D eigenvalue weighted by Gasteiger charge is 2.08. The topological polar surface area (TPSA) is 61.8 Å². The second-order valence-corrected chi connectivity index (χ2v) is 3.26. The summed E-state index contributed by atoms with van der Waals surface area (Å²) in [5.41, 5.74) is 3.96. The summed E-state index contributed by atoms with van der Waals surface area (Å²) < 4.78 is 5.18. The molecule has 0 saturated carbocycles. The summed E-state index contributed by atoms with van der Waals surface area (Å²) >= 11 is 0. The first-order valence-corrected chi connectivity index (χ1v) is 4.65. The van der Waals surface area contributed by atoms with Crippen LogP contribution in [0.1, 0.15) is 6.92 Å². The fourth-order valence-electron chi connectivity index (χ4n) is 1.22. The molecule has 80 valence electrons. The quantitative estimate of drug-likeness (QED) is 0.618. The van der Waals surface area contributed by atoms with E-state index in [9.17, 15) is 4.79 Å². The van der Waals surface area contributed by atoms with E-state index in [4.69, 9.17) is 9.84 Å². The van der Waals surface area contributed by atoms with Crippen LogP contribution in [0.4, 0.5) is 0 Å². The molecule has 1 fully saturated rings. The Morgan fingerprint density at radius 3 is 2.79 bits per heavy atom. The molecule has 14 heavy (non-hydrogen) atoms. The summed E-state index contributed by atoms with van der Waals surface area (Å²) in [7, 11) is 0. The van der Waals surface area contributed by atoms with Gasteiger partial charge in [-0.25, -0.2) is 9.80 Å². The normalized spacial score (nSPS) is 19.6. The predicted molar refractivity (Wildman–Crippen MR) is 51.8 cm³/mol. The number of hydrazine groups is 1. The smallest absolute Gasteiger partial charge is 0.328 e. The Kier molecular flexibility index (Phi) is 4.58. The number of rotatable bonds is 4. The lowest BCUT2D eigenvalue weighted by Gasteiger charge is -2.27. The van der Waals surface area contributed by atoms with E-state index in [1.807, 2.05) is 5.01 Å². The zero-order chi connectivity index (χ0) is 10.4. The van der Waals surface area contributed by atoms with Gasteiger partial charge in [-0.3, -0.25) is 5.43 Å². The SMILES string of the molecule is CC(=CC(=O)O)CNN1CCOCC1. The van der Waals surface area contributed by atoms with Gasteiger partial charge in [-0.15, -0.1) is 0 Å². The van der Waals surface area contributed by atoms with Crippen molar-refractivity contribution in [1.82, 2.24) is 10.4 Å². The van der Waals surface area contributed by atoms with E-state index in [1.54, 1.807) is 6.92 Å². The number of hydrogen-bond donors (Lipinski definition) is 2. The van der Waals surface area contributed by atoms with Crippen molar-refractivity contribution in [2.45, 2.75) is 6.92 Å². The van der Waals surface area contributed by atoms with Crippen LogP contribution in [-0.4, -0.2) is 48.9 Å². The molecule has 2 N–H and O–H groups in total. The third-order valence-corrected chi connectivity index (χ3v) is 1.96. The van der Waals surface area contributed by atoms with Crippen molar-refractivity contribution in [2.75, 3.05) is 32.8 Å². The fraction of sp³-hybridized carbons (Fsp3) is 0.667. The van der Waals surface area contributed by atoms with Crippen molar-refractivity contribution in [1.29, 1.82) is 0 Å². The van der Waals surface area contributed by atoms with Crippen LogP contribution in [-0.2, 0) is 9.53 Å². The van der Waals surface area contributed by atoms with Gasteiger partial charge in [0.2, 0.25) is 0 Å². The average Bonchev–Trinajstić information content (AvgIpc) is 2.15. The Labute approximate surface area is 83.3 Å². The highest BCUT2D eigenvalue weighted by molar-refractivity contribution is 5.80. The third kappa shape index (κ3) is 4.36. The van der Waals surface area contributed by atoms with Crippen molar-refractivity contribution in [2.24, 2.45) is 0 Å². The Morgan fingerprint density at radius 1 is 1.57 bits per heavy atom. The van der Waals surface area contributed by atoms with Gasteiger partial charge in [0.05, 0.1) is 13.2 Å². The van der Waals surface area contributed by atoms with Crippen molar-refractivity contribution in [3.63, 3.8) is 0 Å². The van der Waals surface area contributed by atoms with Gasteiger partial charge >= 0.3 is 5.97 Å². The summed E-state index contributed by atoms with van der Waals surface area (Å²) in [5.74, 6) is -0.897. The number of hydrogen-bond acceptors (Lipinski definition) is 4. The molecule has 0 amide bonds. The van der Waals surface area contributed by atoms with Crippen LogP contribution in [0.25, 0.3) is 0 Å². The summed E-state index contributed by atoms with van der Waals surface area (Å²) in [6, 6.07) is 0. The number of carboxylic acid groups (broad SMARTS) is 1. The molecule has 5 nitrogen and oxygen atoms in total. The highest BCUT2D eigenvalue weighted by Crippen LogP contribution is 1.95. The molecule has 0 atom stereocenters. The molecular formula is C9H16N2O3. The lowest BCUT2D eigenvalue weighted by Crippen LogP contribution is -2.46. The number of ether oxygens (including phenoxy) is 1. The van der Waals surface area contributed by atoms with Crippen molar-refractivity contribution in [3.05, 3.63) is 11.6 Å². The number of nitrogens with one attached hydrogen (secondary N) is 1. The van der Waals surface area contributed by atoms with Gasteiger partial charge in [0.1, 0.15) is 0 Å². The molecule has 0 bridgehead atoms. The Morgan fingerprint density at radius 2 is 2.21 bits per heavy atom.